The summed E-state index contributed by atoms with van der Waals surface area (Å²) in [4.78, 5) is 0. The Hall–Kier alpha value is -2.56. The average Bonchev–Trinajstić information content (AvgIpc) is 2.86. The van der Waals surface area contributed by atoms with Crippen molar-refractivity contribution in [2.24, 2.45) is 0 Å². The maximum absolute atomic E-state index is 10.4. The fourth-order valence-corrected chi connectivity index (χ4v) is 4.78. The molecule has 4 rings (SSSR count). The molecule has 34 heavy (non-hydrogen) atoms. The first-order valence-corrected chi connectivity index (χ1v) is 13.1. The summed E-state index contributed by atoms with van der Waals surface area (Å²) in [5.41, 5.74) is 0. The van der Waals surface area contributed by atoms with Crippen LogP contribution >= 0.6 is 0 Å². The summed E-state index contributed by atoms with van der Waals surface area (Å²) in [5, 5.41) is 17.2. The Morgan fingerprint density at radius 2 is 1.26 bits per heavy atom. The Labute approximate surface area is 204 Å². The van der Waals surface area contributed by atoms with Gasteiger partial charge in [-0.15, -0.1) is 0 Å². The summed E-state index contributed by atoms with van der Waals surface area (Å²) in [6.45, 7) is 2.77. The standard InChI is InChI=1S/C30H37BO3/c1-2-3-4-5-6-7-8-9-10-13-21-33-31(32)34-29-18-14-17-24-19-20-27-22-25-15-11-12-16-26(25)23-28(27)30(24)29/h11-12,14-20,22-23,32H,2-10,13,21H2,1H3. The Morgan fingerprint density at radius 3 is 2.00 bits per heavy atom. The summed E-state index contributed by atoms with van der Waals surface area (Å²) in [7, 11) is -1.26. The number of unbranched alkanes of at least 4 members (excludes halogenated alkanes) is 9. The van der Waals surface area contributed by atoms with Crippen molar-refractivity contribution in [2.45, 2.75) is 71.1 Å². The van der Waals surface area contributed by atoms with Crippen LogP contribution in [0, 0.1) is 0 Å². The molecular weight excluding hydrogens is 419 g/mol. The van der Waals surface area contributed by atoms with E-state index in [2.05, 4.69) is 61.5 Å². The molecule has 0 aromatic heterocycles. The minimum absolute atomic E-state index is 0.508. The lowest BCUT2D eigenvalue weighted by atomic mass is 9.97. The molecule has 0 bridgehead atoms. The molecule has 0 aliphatic carbocycles. The minimum atomic E-state index is -1.26. The molecule has 0 saturated heterocycles. The van der Waals surface area contributed by atoms with E-state index in [9.17, 15) is 5.02 Å². The number of hydrogen-bond donors (Lipinski definition) is 1. The van der Waals surface area contributed by atoms with Gasteiger partial charge >= 0.3 is 7.32 Å². The molecule has 3 nitrogen and oxygen atoms in total. The molecule has 0 amide bonds. The zero-order chi connectivity index (χ0) is 23.6. The van der Waals surface area contributed by atoms with Crippen LogP contribution < -0.4 is 4.65 Å². The number of rotatable bonds is 14. The molecule has 0 heterocycles. The highest BCUT2D eigenvalue weighted by atomic mass is 16.7. The predicted octanol–water partition coefficient (Wildman–Crippen LogP) is 8.44. The lowest BCUT2D eigenvalue weighted by molar-refractivity contribution is 0.190. The normalized spacial score (nSPS) is 11.5. The first-order valence-electron chi connectivity index (χ1n) is 13.1. The van der Waals surface area contributed by atoms with Crippen molar-refractivity contribution in [3.63, 3.8) is 0 Å². The molecule has 0 spiro atoms. The number of fused-ring (bicyclic) bond motifs is 4. The van der Waals surface area contributed by atoms with Crippen molar-refractivity contribution in [3.05, 3.63) is 66.7 Å². The highest BCUT2D eigenvalue weighted by Crippen LogP contribution is 2.35. The minimum Gasteiger partial charge on any atom is -0.511 e. The lowest BCUT2D eigenvalue weighted by Gasteiger charge is -2.14. The molecule has 4 heteroatoms. The van der Waals surface area contributed by atoms with Gasteiger partial charge in [0.25, 0.3) is 0 Å². The average molecular weight is 456 g/mol. The molecule has 4 aromatic carbocycles. The SMILES string of the molecule is CCCCCCCCCCCCOB(O)Oc1cccc2ccc3cc4ccccc4cc3c12. The molecule has 1 N–H and O–H groups in total. The van der Waals surface area contributed by atoms with E-state index in [0.717, 1.165) is 34.4 Å². The topological polar surface area (TPSA) is 38.7 Å². The van der Waals surface area contributed by atoms with Gasteiger partial charge in [0, 0.05) is 12.0 Å². The first kappa shape index (κ1) is 24.6. The molecular formula is C30H37BO3. The van der Waals surface area contributed by atoms with Crippen LogP contribution in [-0.4, -0.2) is 19.0 Å². The molecule has 0 unspecified atom stereocenters. The van der Waals surface area contributed by atoms with Gasteiger partial charge in [0.15, 0.2) is 0 Å². The molecule has 4 aromatic rings. The third kappa shape index (κ3) is 6.52. The Morgan fingerprint density at radius 1 is 0.647 bits per heavy atom. The summed E-state index contributed by atoms with van der Waals surface area (Å²) < 4.78 is 11.5. The van der Waals surface area contributed by atoms with Crippen molar-refractivity contribution in [1.82, 2.24) is 0 Å². The summed E-state index contributed by atoms with van der Waals surface area (Å²) in [6.07, 6.45) is 12.7. The van der Waals surface area contributed by atoms with Crippen LogP contribution in [-0.2, 0) is 4.65 Å². The van der Waals surface area contributed by atoms with Gasteiger partial charge in [-0.05, 0) is 51.6 Å². The van der Waals surface area contributed by atoms with Crippen LogP contribution in [0.25, 0.3) is 32.3 Å². The second kappa shape index (κ2) is 12.8. The van der Waals surface area contributed by atoms with Crippen molar-refractivity contribution in [2.75, 3.05) is 6.61 Å². The van der Waals surface area contributed by atoms with E-state index in [-0.39, 0.29) is 0 Å². The second-order valence-corrected chi connectivity index (χ2v) is 9.32. The quantitative estimate of drug-likeness (QED) is 0.0895. The second-order valence-electron chi connectivity index (χ2n) is 9.32. The fourth-order valence-electron chi connectivity index (χ4n) is 4.78. The van der Waals surface area contributed by atoms with E-state index in [4.69, 9.17) is 9.31 Å². The highest BCUT2D eigenvalue weighted by Gasteiger charge is 2.20. The van der Waals surface area contributed by atoms with Gasteiger partial charge in [0.1, 0.15) is 5.75 Å². The number of benzene rings is 4. The van der Waals surface area contributed by atoms with Gasteiger partial charge < -0.3 is 14.3 Å². The van der Waals surface area contributed by atoms with E-state index in [1.165, 1.54) is 62.1 Å². The summed E-state index contributed by atoms with van der Waals surface area (Å²) >= 11 is 0. The third-order valence-electron chi connectivity index (χ3n) is 6.67. The van der Waals surface area contributed by atoms with E-state index in [0.29, 0.717) is 12.4 Å². The smallest absolute Gasteiger partial charge is 0.511 e. The van der Waals surface area contributed by atoms with Gasteiger partial charge in [-0.2, -0.15) is 0 Å². The van der Waals surface area contributed by atoms with Crippen LogP contribution in [0.3, 0.4) is 0 Å². The maximum atomic E-state index is 10.4. The Kier molecular flexibility index (Phi) is 9.23. The highest BCUT2D eigenvalue weighted by molar-refractivity contribution is 6.36. The molecule has 0 radical (unpaired) electrons. The third-order valence-corrected chi connectivity index (χ3v) is 6.67. The molecule has 0 aliphatic heterocycles. The Balaban J connectivity index is 1.30. The molecule has 178 valence electrons. The lowest BCUT2D eigenvalue weighted by Crippen LogP contribution is -2.26. The van der Waals surface area contributed by atoms with Crippen molar-refractivity contribution in [1.29, 1.82) is 0 Å². The van der Waals surface area contributed by atoms with Crippen LogP contribution in [0.1, 0.15) is 71.1 Å². The molecule has 0 saturated carbocycles. The van der Waals surface area contributed by atoms with Gasteiger partial charge in [-0.1, -0.05) is 113 Å². The van der Waals surface area contributed by atoms with Gasteiger partial charge in [-0.3, -0.25) is 0 Å². The van der Waals surface area contributed by atoms with Gasteiger partial charge in [0.2, 0.25) is 0 Å². The van der Waals surface area contributed by atoms with Crippen molar-refractivity contribution in [3.8, 4) is 5.75 Å². The van der Waals surface area contributed by atoms with E-state index >= 15 is 0 Å². The van der Waals surface area contributed by atoms with Crippen LogP contribution in [0.2, 0.25) is 0 Å². The van der Waals surface area contributed by atoms with Crippen LogP contribution in [0.5, 0.6) is 5.75 Å². The fraction of sp³-hybridized carbons (Fsp3) is 0.400. The zero-order valence-electron chi connectivity index (χ0n) is 20.5. The zero-order valence-corrected chi connectivity index (χ0v) is 20.5. The summed E-state index contributed by atoms with van der Waals surface area (Å²) in [6, 6.07) is 23.0. The molecule has 0 fully saturated rings. The number of hydrogen-bond acceptors (Lipinski definition) is 3. The predicted molar refractivity (Wildman–Crippen MR) is 145 cm³/mol. The maximum Gasteiger partial charge on any atom is 0.710 e. The van der Waals surface area contributed by atoms with Gasteiger partial charge in [0.05, 0.1) is 0 Å². The van der Waals surface area contributed by atoms with Gasteiger partial charge in [-0.25, -0.2) is 0 Å². The van der Waals surface area contributed by atoms with Crippen molar-refractivity contribution >= 4 is 39.6 Å². The molecule has 0 aliphatic rings. The Bertz CT molecular complexity index is 1190. The van der Waals surface area contributed by atoms with E-state index in [1.54, 1.807) is 0 Å². The van der Waals surface area contributed by atoms with E-state index < -0.39 is 7.32 Å². The summed E-state index contributed by atoms with van der Waals surface area (Å²) in [5.74, 6) is 0.647. The van der Waals surface area contributed by atoms with Crippen LogP contribution in [0.4, 0.5) is 0 Å². The monoisotopic (exact) mass is 456 g/mol. The van der Waals surface area contributed by atoms with E-state index in [1.807, 2.05) is 12.1 Å². The van der Waals surface area contributed by atoms with Crippen molar-refractivity contribution < 1.29 is 14.3 Å². The largest absolute Gasteiger partial charge is 0.710 e. The molecule has 0 atom stereocenters. The van der Waals surface area contributed by atoms with Crippen LogP contribution in [0.15, 0.2) is 66.7 Å². The first-order chi connectivity index (χ1) is 16.8.